The number of amides is 1. The molecular weight excluding hydrogens is 208 g/mol. The molecule has 0 heterocycles. The van der Waals surface area contributed by atoms with Crippen molar-refractivity contribution in [1.82, 2.24) is 5.32 Å². The predicted molar refractivity (Wildman–Crippen MR) is 58.7 cm³/mol. The average molecular weight is 222 g/mol. The molecule has 0 saturated heterocycles. The van der Waals surface area contributed by atoms with Crippen LogP contribution in [0.15, 0.2) is 24.3 Å². The number of hydrogen-bond donors (Lipinski definition) is 3. The maximum Gasteiger partial charge on any atom is 0.307 e. The first-order valence-electron chi connectivity index (χ1n) is 4.87. The van der Waals surface area contributed by atoms with E-state index in [0.717, 1.165) is 11.1 Å². The Hall–Kier alpha value is -1.88. The van der Waals surface area contributed by atoms with E-state index in [9.17, 15) is 9.59 Å². The molecule has 0 saturated carbocycles. The van der Waals surface area contributed by atoms with E-state index in [1.807, 2.05) is 12.1 Å². The highest BCUT2D eigenvalue weighted by Gasteiger charge is 2.05. The van der Waals surface area contributed by atoms with E-state index in [2.05, 4.69) is 5.32 Å². The molecule has 0 aliphatic heterocycles. The van der Waals surface area contributed by atoms with E-state index in [-0.39, 0.29) is 13.0 Å². The highest BCUT2D eigenvalue weighted by atomic mass is 16.4. The lowest BCUT2D eigenvalue weighted by Gasteiger charge is -2.07. The highest BCUT2D eigenvalue weighted by Crippen LogP contribution is 2.09. The number of rotatable bonds is 6. The number of carboxylic acids is 1. The summed E-state index contributed by atoms with van der Waals surface area (Å²) in [6.07, 6.45) is -0.0194. The molecule has 1 rings (SSSR count). The lowest BCUT2D eigenvalue weighted by molar-refractivity contribution is -0.136. The van der Waals surface area contributed by atoms with Crippen molar-refractivity contribution in [2.45, 2.75) is 13.0 Å². The number of carboxylic acid groups (broad SMARTS) is 1. The van der Waals surface area contributed by atoms with Crippen LogP contribution in [0.4, 0.5) is 0 Å². The van der Waals surface area contributed by atoms with Crippen LogP contribution >= 0.6 is 0 Å². The normalized spacial score (nSPS) is 10.0. The van der Waals surface area contributed by atoms with Crippen LogP contribution in [0, 0.1) is 0 Å². The molecule has 1 aromatic carbocycles. The van der Waals surface area contributed by atoms with E-state index in [1.165, 1.54) is 0 Å². The fourth-order valence-corrected chi connectivity index (χ4v) is 1.39. The molecule has 0 aromatic heterocycles. The van der Waals surface area contributed by atoms with E-state index in [4.69, 9.17) is 10.8 Å². The Balaban J connectivity index is 2.63. The molecule has 0 fully saturated rings. The maximum atomic E-state index is 10.6. The molecule has 1 aromatic rings. The molecule has 5 nitrogen and oxygen atoms in total. The molecular formula is C11H14N2O3. The van der Waals surface area contributed by atoms with Gasteiger partial charge in [-0.15, -0.1) is 0 Å². The topological polar surface area (TPSA) is 92.4 Å². The van der Waals surface area contributed by atoms with Gasteiger partial charge in [-0.05, 0) is 11.1 Å². The smallest absolute Gasteiger partial charge is 0.307 e. The van der Waals surface area contributed by atoms with Crippen LogP contribution in [0.1, 0.15) is 11.1 Å². The van der Waals surface area contributed by atoms with E-state index < -0.39 is 11.9 Å². The first-order chi connectivity index (χ1) is 7.59. The number of carbonyl (C=O) groups excluding carboxylic acids is 1. The van der Waals surface area contributed by atoms with Crippen LogP contribution in [0.3, 0.4) is 0 Å². The molecule has 4 N–H and O–H groups in total. The summed E-state index contributed by atoms with van der Waals surface area (Å²) in [5.74, 6) is -1.31. The van der Waals surface area contributed by atoms with Crippen molar-refractivity contribution in [3.8, 4) is 0 Å². The van der Waals surface area contributed by atoms with Gasteiger partial charge in [0.25, 0.3) is 0 Å². The van der Waals surface area contributed by atoms with Crippen LogP contribution in [-0.2, 0) is 22.6 Å². The van der Waals surface area contributed by atoms with Crippen molar-refractivity contribution in [1.29, 1.82) is 0 Å². The van der Waals surface area contributed by atoms with Gasteiger partial charge in [0.2, 0.25) is 5.91 Å². The van der Waals surface area contributed by atoms with Crippen molar-refractivity contribution in [2.24, 2.45) is 5.73 Å². The van der Waals surface area contributed by atoms with Crippen LogP contribution in [0.5, 0.6) is 0 Å². The van der Waals surface area contributed by atoms with Crippen molar-refractivity contribution < 1.29 is 14.7 Å². The zero-order valence-electron chi connectivity index (χ0n) is 8.77. The minimum atomic E-state index is -0.873. The summed E-state index contributed by atoms with van der Waals surface area (Å²) >= 11 is 0. The minimum absolute atomic E-state index is 0.0194. The molecule has 0 aliphatic rings. The second kappa shape index (κ2) is 5.87. The predicted octanol–water partition coefficient (Wildman–Crippen LogP) is -0.111. The SMILES string of the molecule is NC(=O)CNCc1ccccc1CC(=O)O. The molecule has 1 amide bonds. The van der Waals surface area contributed by atoms with Crippen LogP contribution < -0.4 is 11.1 Å². The standard InChI is InChI=1S/C11H14N2O3/c12-10(14)7-13-6-9-4-2-1-3-8(9)5-11(15)16/h1-4,13H,5-7H2,(H2,12,14)(H,15,16). The Morgan fingerprint density at radius 1 is 1.25 bits per heavy atom. The number of aliphatic carboxylic acids is 1. The van der Waals surface area contributed by atoms with Gasteiger partial charge in [0, 0.05) is 6.54 Å². The summed E-state index contributed by atoms with van der Waals surface area (Å²) < 4.78 is 0. The van der Waals surface area contributed by atoms with Crippen LogP contribution in [0.2, 0.25) is 0 Å². The summed E-state index contributed by atoms with van der Waals surface area (Å²) in [4.78, 5) is 21.1. The molecule has 16 heavy (non-hydrogen) atoms. The number of carbonyl (C=O) groups is 2. The van der Waals surface area contributed by atoms with Crippen molar-refractivity contribution in [2.75, 3.05) is 6.54 Å². The molecule has 0 radical (unpaired) electrons. The quantitative estimate of drug-likeness (QED) is 0.626. The van der Waals surface area contributed by atoms with Crippen molar-refractivity contribution in [3.63, 3.8) is 0 Å². The number of nitrogens with one attached hydrogen (secondary N) is 1. The molecule has 0 bridgehead atoms. The summed E-state index contributed by atoms with van der Waals surface area (Å²) in [6.45, 7) is 0.522. The van der Waals surface area contributed by atoms with Gasteiger partial charge in [0.15, 0.2) is 0 Å². The fourth-order valence-electron chi connectivity index (χ4n) is 1.39. The third kappa shape index (κ3) is 4.10. The second-order valence-electron chi connectivity index (χ2n) is 3.41. The Morgan fingerprint density at radius 2 is 1.88 bits per heavy atom. The second-order valence-corrected chi connectivity index (χ2v) is 3.41. The fraction of sp³-hybridized carbons (Fsp3) is 0.273. The average Bonchev–Trinajstić information content (AvgIpc) is 2.19. The molecule has 0 spiro atoms. The maximum absolute atomic E-state index is 10.6. The summed E-state index contributed by atoms with van der Waals surface area (Å²) in [6, 6.07) is 7.20. The number of nitrogens with two attached hydrogens (primary N) is 1. The van der Waals surface area contributed by atoms with E-state index in [1.54, 1.807) is 12.1 Å². The van der Waals surface area contributed by atoms with Gasteiger partial charge in [-0.25, -0.2) is 0 Å². The lowest BCUT2D eigenvalue weighted by Crippen LogP contribution is -2.28. The first kappa shape index (κ1) is 12.2. The third-order valence-electron chi connectivity index (χ3n) is 2.07. The van der Waals surface area contributed by atoms with Crippen molar-refractivity contribution in [3.05, 3.63) is 35.4 Å². The molecule has 86 valence electrons. The summed E-state index contributed by atoms with van der Waals surface area (Å²) in [7, 11) is 0. The van der Waals surface area contributed by atoms with Gasteiger partial charge < -0.3 is 16.2 Å². The van der Waals surface area contributed by atoms with E-state index in [0.29, 0.717) is 6.54 Å². The molecule has 0 unspecified atom stereocenters. The zero-order valence-corrected chi connectivity index (χ0v) is 8.77. The lowest BCUT2D eigenvalue weighted by atomic mass is 10.0. The number of benzene rings is 1. The Bertz CT molecular complexity index is 391. The Morgan fingerprint density at radius 3 is 2.44 bits per heavy atom. The largest absolute Gasteiger partial charge is 0.481 e. The number of hydrogen-bond acceptors (Lipinski definition) is 3. The van der Waals surface area contributed by atoms with Gasteiger partial charge in [-0.1, -0.05) is 24.3 Å². The Kier molecular flexibility index (Phi) is 4.47. The molecule has 0 aliphatic carbocycles. The van der Waals surface area contributed by atoms with E-state index >= 15 is 0 Å². The summed E-state index contributed by atoms with van der Waals surface area (Å²) in [5.41, 5.74) is 6.59. The number of primary amides is 1. The van der Waals surface area contributed by atoms with Crippen molar-refractivity contribution >= 4 is 11.9 Å². The van der Waals surface area contributed by atoms with Gasteiger partial charge in [-0.3, -0.25) is 9.59 Å². The van der Waals surface area contributed by atoms with Gasteiger partial charge in [0.1, 0.15) is 0 Å². The zero-order chi connectivity index (χ0) is 12.0. The minimum Gasteiger partial charge on any atom is -0.481 e. The molecule has 0 atom stereocenters. The van der Waals surface area contributed by atoms with Crippen LogP contribution in [-0.4, -0.2) is 23.5 Å². The van der Waals surface area contributed by atoms with Gasteiger partial charge in [-0.2, -0.15) is 0 Å². The Labute approximate surface area is 93.3 Å². The molecule has 5 heteroatoms. The third-order valence-corrected chi connectivity index (χ3v) is 2.07. The van der Waals surface area contributed by atoms with Gasteiger partial charge in [0.05, 0.1) is 13.0 Å². The van der Waals surface area contributed by atoms with Gasteiger partial charge >= 0.3 is 5.97 Å². The first-order valence-corrected chi connectivity index (χ1v) is 4.87. The highest BCUT2D eigenvalue weighted by molar-refractivity contribution is 5.75. The van der Waals surface area contributed by atoms with Crippen LogP contribution in [0.25, 0.3) is 0 Å². The monoisotopic (exact) mass is 222 g/mol. The summed E-state index contributed by atoms with van der Waals surface area (Å²) in [5, 5.41) is 11.6.